The number of fused-ring (bicyclic) bond motifs is 1. The van der Waals surface area contributed by atoms with Gasteiger partial charge in [-0.05, 0) is 67.8 Å². The predicted octanol–water partition coefficient (Wildman–Crippen LogP) is 5.33. The number of phenolic OH excluding ortho intramolecular Hbond substituents is 1. The number of phenols is 1. The second-order valence-electron chi connectivity index (χ2n) is 10.8. The zero-order chi connectivity index (χ0) is 30.8. The highest BCUT2D eigenvalue weighted by Gasteiger charge is 2.14. The fraction of sp³-hybridized carbons (Fsp3) is 0.429. The van der Waals surface area contributed by atoms with Gasteiger partial charge in [-0.2, -0.15) is 0 Å². The molecule has 3 N–H and O–H groups in total. The number of hydrogen-bond donors (Lipinski definition) is 3. The monoisotopic (exact) mass is 619 g/mol. The summed E-state index contributed by atoms with van der Waals surface area (Å²) in [5.74, 6) is 0.204. The molecule has 0 aliphatic carbocycles. The van der Waals surface area contributed by atoms with Crippen molar-refractivity contribution < 1.29 is 19.4 Å². The van der Waals surface area contributed by atoms with E-state index in [0.29, 0.717) is 51.3 Å². The average Bonchev–Trinajstić information content (AvgIpc) is 3.45. The van der Waals surface area contributed by atoms with Gasteiger partial charge in [0.25, 0.3) is 0 Å². The Hall–Kier alpha value is -3.50. The highest BCUT2D eigenvalue weighted by molar-refractivity contribution is 7.16. The van der Waals surface area contributed by atoms with Crippen LogP contribution in [0.4, 0.5) is 0 Å². The molecule has 0 fully saturated rings. The van der Waals surface area contributed by atoms with Crippen LogP contribution in [0.5, 0.6) is 5.75 Å². The lowest BCUT2D eigenvalue weighted by Gasteiger charge is -2.23. The van der Waals surface area contributed by atoms with Gasteiger partial charge in [0, 0.05) is 26.2 Å². The number of rotatable bonds is 21. The number of benzene rings is 3. The summed E-state index contributed by atoms with van der Waals surface area (Å²) in [6.45, 7) is 5.19. The summed E-state index contributed by atoms with van der Waals surface area (Å²) < 4.78 is 12.4. The van der Waals surface area contributed by atoms with Crippen LogP contribution in [-0.2, 0) is 33.5 Å². The van der Waals surface area contributed by atoms with Gasteiger partial charge in [0.15, 0.2) is 0 Å². The lowest BCUT2D eigenvalue weighted by Crippen LogP contribution is -2.38. The Morgan fingerprint density at radius 1 is 0.773 bits per heavy atom. The Morgan fingerprint density at radius 2 is 1.45 bits per heavy atom. The van der Waals surface area contributed by atoms with E-state index >= 15 is 0 Å². The SMILES string of the molecule is O=C(CCOCCc1ccccc1)N(CCCCCOCCc1ccccc1)CCNCCc1ccc(O)c2[nH]c(=O)sc12. The number of carbonyl (C=O) groups is 1. The molecule has 0 aliphatic rings. The molecule has 0 radical (unpaired) electrons. The van der Waals surface area contributed by atoms with Gasteiger partial charge in [0.2, 0.25) is 5.91 Å². The Bertz CT molecular complexity index is 1440. The van der Waals surface area contributed by atoms with Crippen molar-refractivity contribution in [3.05, 3.63) is 99.2 Å². The number of nitrogens with zero attached hydrogens (tertiary/aromatic N) is 1. The molecule has 0 saturated carbocycles. The number of aromatic amines is 1. The van der Waals surface area contributed by atoms with Crippen molar-refractivity contribution in [2.45, 2.75) is 44.9 Å². The van der Waals surface area contributed by atoms with Crippen molar-refractivity contribution in [1.29, 1.82) is 0 Å². The number of nitrogens with one attached hydrogen (secondary N) is 2. The van der Waals surface area contributed by atoms with Gasteiger partial charge in [-0.15, -0.1) is 0 Å². The van der Waals surface area contributed by atoms with E-state index in [9.17, 15) is 14.7 Å². The molecule has 236 valence electrons. The Morgan fingerprint density at radius 3 is 2.16 bits per heavy atom. The van der Waals surface area contributed by atoms with Crippen LogP contribution in [0.1, 0.15) is 42.4 Å². The molecule has 8 nitrogen and oxygen atoms in total. The molecule has 0 spiro atoms. The summed E-state index contributed by atoms with van der Waals surface area (Å²) in [4.78, 5) is 29.4. The van der Waals surface area contributed by atoms with Crippen molar-refractivity contribution >= 4 is 27.5 Å². The fourth-order valence-electron chi connectivity index (χ4n) is 5.07. The molecule has 4 rings (SSSR count). The summed E-state index contributed by atoms with van der Waals surface area (Å²) >= 11 is 1.12. The van der Waals surface area contributed by atoms with Crippen LogP contribution in [-0.4, -0.2) is 73.5 Å². The van der Waals surface area contributed by atoms with E-state index in [0.717, 1.165) is 73.3 Å². The van der Waals surface area contributed by atoms with E-state index in [4.69, 9.17) is 9.47 Å². The molecule has 1 amide bonds. The Balaban J connectivity index is 1.15. The largest absolute Gasteiger partial charge is 0.506 e. The number of carbonyl (C=O) groups excluding carboxylic acids is 1. The maximum Gasteiger partial charge on any atom is 0.305 e. The second kappa shape index (κ2) is 19.0. The third-order valence-corrected chi connectivity index (χ3v) is 8.51. The van der Waals surface area contributed by atoms with Crippen LogP contribution in [0.2, 0.25) is 0 Å². The first-order valence-corrected chi connectivity index (χ1v) is 16.5. The van der Waals surface area contributed by atoms with E-state index in [1.165, 1.54) is 11.1 Å². The lowest BCUT2D eigenvalue weighted by atomic mass is 10.1. The number of unbranched alkanes of at least 4 members (excludes halogenated alkanes) is 2. The quantitative estimate of drug-likeness (QED) is 0.109. The van der Waals surface area contributed by atoms with Gasteiger partial charge in [0.05, 0.1) is 30.9 Å². The molecule has 1 heterocycles. The number of ether oxygens (including phenoxy) is 2. The van der Waals surface area contributed by atoms with Crippen LogP contribution >= 0.6 is 11.3 Å². The van der Waals surface area contributed by atoms with Gasteiger partial charge < -0.3 is 29.8 Å². The molecule has 0 saturated heterocycles. The maximum absolute atomic E-state index is 13.1. The van der Waals surface area contributed by atoms with Gasteiger partial charge in [-0.3, -0.25) is 9.59 Å². The standard InChI is InChI=1S/C35H45N3O5S/c39-31-15-14-30(34-33(31)37-35(41)44-34)16-20-36-21-23-38(32(40)19-27-43-26-18-29-12-6-2-7-13-29)22-8-3-9-24-42-25-17-28-10-4-1-5-11-28/h1-2,4-7,10-15,36,39H,3,8-9,16-27H2,(H,37,41). The second-order valence-corrected chi connectivity index (χ2v) is 11.8. The van der Waals surface area contributed by atoms with Gasteiger partial charge >= 0.3 is 4.87 Å². The van der Waals surface area contributed by atoms with Crippen LogP contribution in [0.15, 0.2) is 77.6 Å². The summed E-state index contributed by atoms with van der Waals surface area (Å²) in [5, 5.41) is 13.5. The topological polar surface area (TPSA) is 104 Å². The molecule has 9 heteroatoms. The number of thiazole rings is 1. The summed E-state index contributed by atoms with van der Waals surface area (Å²) in [5.41, 5.74) is 4.04. The van der Waals surface area contributed by atoms with Crippen molar-refractivity contribution in [2.24, 2.45) is 0 Å². The first-order valence-electron chi connectivity index (χ1n) is 15.7. The highest BCUT2D eigenvalue weighted by Crippen LogP contribution is 2.27. The van der Waals surface area contributed by atoms with Crippen LogP contribution in [0.3, 0.4) is 0 Å². The van der Waals surface area contributed by atoms with Crippen molar-refractivity contribution in [3.63, 3.8) is 0 Å². The molecule has 4 aromatic rings. The van der Waals surface area contributed by atoms with Crippen molar-refractivity contribution in [2.75, 3.05) is 52.6 Å². The van der Waals surface area contributed by atoms with E-state index in [2.05, 4.69) is 46.7 Å². The molecule has 1 aromatic heterocycles. The molecule has 0 atom stereocenters. The van der Waals surface area contributed by atoms with E-state index in [-0.39, 0.29) is 16.5 Å². The molecule has 0 unspecified atom stereocenters. The molecule has 44 heavy (non-hydrogen) atoms. The number of H-pyrrole nitrogens is 1. The smallest absolute Gasteiger partial charge is 0.305 e. The molecule has 3 aromatic carbocycles. The molecule has 0 bridgehead atoms. The van der Waals surface area contributed by atoms with Gasteiger partial charge in [0.1, 0.15) is 11.3 Å². The van der Waals surface area contributed by atoms with Crippen LogP contribution in [0.25, 0.3) is 10.2 Å². The third kappa shape index (κ3) is 11.5. The minimum atomic E-state index is -0.173. The van der Waals surface area contributed by atoms with Crippen molar-refractivity contribution in [3.8, 4) is 5.75 Å². The van der Waals surface area contributed by atoms with E-state index in [1.54, 1.807) is 6.07 Å². The number of aromatic hydroxyl groups is 1. The number of aromatic nitrogens is 1. The molecule has 0 aliphatic heterocycles. The first-order chi connectivity index (χ1) is 21.6. The summed E-state index contributed by atoms with van der Waals surface area (Å²) in [6, 6.07) is 24.1. The number of hydrogen-bond acceptors (Lipinski definition) is 7. The van der Waals surface area contributed by atoms with Crippen molar-refractivity contribution in [1.82, 2.24) is 15.2 Å². The highest BCUT2D eigenvalue weighted by atomic mass is 32.1. The first kappa shape index (κ1) is 33.4. The van der Waals surface area contributed by atoms with Gasteiger partial charge in [-0.1, -0.05) is 78.1 Å². The van der Waals surface area contributed by atoms with Crippen LogP contribution < -0.4 is 10.2 Å². The summed E-state index contributed by atoms with van der Waals surface area (Å²) in [7, 11) is 0. The van der Waals surface area contributed by atoms with Crippen LogP contribution in [0, 0.1) is 0 Å². The Kier molecular flexibility index (Phi) is 14.4. The minimum absolute atomic E-state index is 0.0898. The van der Waals surface area contributed by atoms with E-state index in [1.807, 2.05) is 35.2 Å². The number of amides is 1. The van der Waals surface area contributed by atoms with Gasteiger partial charge in [-0.25, -0.2) is 0 Å². The predicted molar refractivity (Wildman–Crippen MR) is 178 cm³/mol. The normalized spacial score (nSPS) is 11.3. The third-order valence-electron chi connectivity index (χ3n) is 7.55. The maximum atomic E-state index is 13.1. The Labute approximate surface area is 264 Å². The van der Waals surface area contributed by atoms with E-state index < -0.39 is 0 Å². The minimum Gasteiger partial charge on any atom is -0.506 e. The molecular formula is C35H45N3O5S. The summed E-state index contributed by atoms with van der Waals surface area (Å²) in [6.07, 6.45) is 5.76. The lowest BCUT2D eigenvalue weighted by molar-refractivity contribution is -0.132. The average molecular weight is 620 g/mol. The fourth-order valence-corrected chi connectivity index (χ4v) is 5.97. The zero-order valence-corrected chi connectivity index (χ0v) is 26.3. The molecular weight excluding hydrogens is 574 g/mol. The zero-order valence-electron chi connectivity index (χ0n) is 25.5.